The van der Waals surface area contributed by atoms with Crippen LogP contribution in [0.25, 0.3) is 11.5 Å². The molecule has 2 N–H and O–H groups in total. The fourth-order valence-electron chi connectivity index (χ4n) is 2.99. The quantitative estimate of drug-likeness (QED) is 0.929. The maximum atomic E-state index is 12.5. The SMILES string of the molecule is Cc1oc(-c2ccccc2)nc1CC(=O)N1CCC[C@H](C(N)=O)C1. The van der Waals surface area contributed by atoms with Crippen molar-refractivity contribution in [3.8, 4) is 11.5 Å². The smallest absolute Gasteiger partial charge is 0.228 e. The molecule has 0 spiro atoms. The van der Waals surface area contributed by atoms with Crippen molar-refractivity contribution < 1.29 is 14.0 Å². The van der Waals surface area contributed by atoms with Crippen LogP contribution in [-0.2, 0) is 16.0 Å². The number of nitrogens with zero attached hydrogens (tertiary/aromatic N) is 2. The Morgan fingerprint density at radius 3 is 2.79 bits per heavy atom. The van der Waals surface area contributed by atoms with Gasteiger partial charge in [0, 0.05) is 18.7 Å². The summed E-state index contributed by atoms with van der Waals surface area (Å²) < 4.78 is 5.69. The van der Waals surface area contributed by atoms with Crippen LogP contribution in [0.15, 0.2) is 34.7 Å². The first-order valence-electron chi connectivity index (χ1n) is 8.13. The van der Waals surface area contributed by atoms with Gasteiger partial charge in [-0.3, -0.25) is 9.59 Å². The molecule has 1 fully saturated rings. The van der Waals surface area contributed by atoms with Gasteiger partial charge in [-0.15, -0.1) is 0 Å². The molecule has 1 saturated heterocycles. The lowest BCUT2D eigenvalue weighted by Crippen LogP contribution is -2.44. The van der Waals surface area contributed by atoms with Gasteiger partial charge in [0.15, 0.2) is 0 Å². The highest BCUT2D eigenvalue weighted by molar-refractivity contribution is 5.81. The van der Waals surface area contributed by atoms with Gasteiger partial charge in [0.05, 0.1) is 18.0 Å². The van der Waals surface area contributed by atoms with Gasteiger partial charge in [-0.1, -0.05) is 18.2 Å². The third-order valence-corrected chi connectivity index (χ3v) is 4.41. The van der Waals surface area contributed by atoms with E-state index in [2.05, 4.69) is 4.98 Å². The fourth-order valence-corrected chi connectivity index (χ4v) is 2.99. The molecule has 2 amide bonds. The van der Waals surface area contributed by atoms with Crippen molar-refractivity contribution in [1.29, 1.82) is 0 Å². The molecule has 6 heteroatoms. The highest BCUT2D eigenvalue weighted by atomic mass is 16.4. The molecule has 3 rings (SSSR count). The number of rotatable bonds is 4. The lowest BCUT2D eigenvalue weighted by molar-refractivity contribution is -0.134. The number of benzene rings is 1. The van der Waals surface area contributed by atoms with Crippen molar-refractivity contribution in [2.24, 2.45) is 11.7 Å². The Hall–Kier alpha value is -2.63. The van der Waals surface area contributed by atoms with Gasteiger partial charge in [0.1, 0.15) is 5.76 Å². The van der Waals surface area contributed by atoms with Crippen molar-refractivity contribution in [3.05, 3.63) is 41.8 Å². The average molecular weight is 327 g/mol. The molecule has 1 atom stereocenters. The molecule has 0 saturated carbocycles. The van der Waals surface area contributed by atoms with Crippen LogP contribution in [0.4, 0.5) is 0 Å². The van der Waals surface area contributed by atoms with Crippen LogP contribution in [0.5, 0.6) is 0 Å². The number of likely N-dealkylation sites (tertiary alicyclic amines) is 1. The van der Waals surface area contributed by atoms with E-state index in [1.54, 1.807) is 4.90 Å². The highest BCUT2D eigenvalue weighted by Crippen LogP contribution is 2.23. The van der Waals surface area contributed by atoms with Gasteiger partial charge in [-0.25, -0.2) is 4.98 Å². The van der Waals surface area contributed by atoms with Gasteiger partial charge >= 0.3 is 0 Å². The normalized spacial score (nSPS) is 17.7. The molecule has 2 aromatic rings. The molecule has 0 unspecified atom stereocenters. The number of carbonyl (C=O) groups excluding carboxylic acids is 2. The molecule has 24 heavy (non-hydrogen) atoms. The second-order valence-corrected chi connectivity index (χ2v) is 6.15. The van der Waals surface area contributed by atoms with E-state index < -0.39 is 0 Å². The minimum absolute atomic E-state index is 0.0445. The zero-order valence-corrected chi connectivity index (χ0v) is 13.7. The Morgan fingerprint density at radius 2 is 2.08 bits per heavy atom. The molecule has 1 aliphatic rings. The first-order chi connectivity index (χ1) is 11.5. The van der Waals surface area contributed by atoms with Crippen molar-refractivity contribution in [3.63, 3.8) is 0 Å². The fraction of sp³-hybridized carbons (Fsp3) is 0.389. The van der Waals surface area contributed by atoms with Crippen molar-refractivity contribution in [2.75, 3.05) is 13.1 Å². The van der Waals surface area contributed by atoms with Crippen LogP contribution in [0.2, 0.25) is 0 Å². The summed E-state index contributed by atoms with van der Waals surface area (Å²) in [7, 11) is 0. The number of amides is 2. The summed E-state index contributed by atoms with van der Waals surface area (Å²) in [4.78, 5) is 30.0. The zero-order valence-electron chi connectivity index (χ0n) is 13.7. The number of hydrogen-bond acceptors (Lipinski definition) is 4. The second-order valence-electron chi connectivity index (χ2n) is 6.15. The Morgan fingerprint density at radius 1 is 1.33 bits per heavy atom. The Kier molecular flexibility index (Phi) is 4.64. The Labute approximate surface area is 140 Å². The molecule has 0 radical (unpaired) electrons. The number of carbonyl (C=O) groups is 2. The van der Waals surface area contributed by atoms with E-state index in [0.29, 0.717) is 30.4 Å². The molecule has 2 heterocycles. The number of nitrogens with two attached hydrogens (primary N) is 1. The van der Waals surface area contributed by atoms with Gasteiger partial charge in [0.25, 0.3) is 0 Å². The number of oxazole rings is 1. The zero-order chi connectivity index (χ0) is 17.1. The first kappa shape index (κ1) is 16.2. The molecule has 1 aromatic carbocycles. The highest BCUT2D eigenvalue weighted by Gasteiger charge is 2.27. The molecule has 0 bridgehead atoms. The topological polar surface area (TPSA) is 89.4 Å². The molecule has 126 valence electrons. The van der Waals surface area contributed by atoms with E-state index in [-0.39, 0.29) is 24.2 Å². The molecule has 1 aliphatic heterocycles. The number of aryl methyl sites for hydroxylation is 1. The van der Waals surface area contributed by atoms with E-state index >= 15 is 0 Å². The number of aromatic nitrogens is 1. The largest absolute Gasteiger partial charge is 0.441 e. The van der Waals surface area contributed by atoms with Crippen LogP contribution in [0.3, 0.4) is 0 Å². The van der Waals surface area contributed by atoms with Gasteiger partial charge in [0.2, 0.25) is 17.7 Å². The summed E-state index contributed by atoms with van der Waals surface area (Å²) in [5, 5.41) is 0. The minimum Gasteiger partial charge on any atom is -0.441 e. The van der Waals surface area contributed by atoms with Crippen LogP contribution < -0.4 is 5.73 Å². The van der Waals surface area contributed by atoms with Gasteiger partial charge in [-0.05, 0) is 31.9 Å². The van der Waals surface area contributed by atoms with E-state index in [4.69, 9.17) is 10.2 Å². The summed E-state index contributed by atoms with van der Waals surface area (Å²) in [6.07, 6.45) is 1.72. The van der Waals surface area contributed by atoms with Gasteiger partial charge < -0.3 is 15.1 Å². The van der Waals surface area contributed by atoms with E-state index in [9.17, 15) is 9.59 Å². The monoisotopic (exact) mass is 327 g/mol. The summed E-state index contributed by atoms with van der Waals surface area (Å²) in [6, 6.07) is 9.59. The maximum Gasteiger partial charge on any atom is 0.228 e. The third kappa shape index (κ3) is 3.48. The first-order valence-corrected chi connectivity index (χ1v) is 8.13. The summed E-state index contributed by atoms with van der Waals surface area (Å²) in [5.74, 6) is 0.532. The summed E-state index contributed by atoms with van der Waals surface area (Å²) in [5.41, 5.74) is 6.89. The molecule has 6 nitrogen and oxygen atoms in total. The minimum atomic E-state index is -0.337. The maximum absolute atomic E-state index is 12.5. The van der Waals surface area contributed by atoms with Crippen molar-refractivity contribution in [2.45, 2.75) is 26.2 Å². The average Bonchev–Trinajstić information content (AvgIpc) is 2.96. The van der Waals surface area contributed by atoms with Crippen molar-refractivity contribution in [1.82, 2.24) is 9.88 Å². The second kappa shape index (κ2) is 6.86. The molecule has 0 aliphatic carbocycles. The van der Waals surface area contributed by atoms with Crippen LogP contribution >= 0.6 is 0 Å². The predicted molar refractivity (Wildman–Crippen MR) is 88.9 cm³/mol. The molecular formula is C18H21N3O3. The van der Waals surface area contributed by atoms with E-state index in [0.717, 1.165) is 18.4 Å². The van der Waals surface area contributed by atoms with Gasteiger partial charge in [-0.2, -0.15) is 0 Å². The summed E-state index contributed by atoms with van der Waals surface area (Å²) in [6.45, 7) is 2.87. The predicted octanol–water partition coefficient (Wildman–Crippen LogP) is 1.92. The standard InChI is InChI=1S/C18H21N3O3/c1-12-15(20-18(24-12)13-6-3-2-4-7-13)10-16(22)21-9-5-8-14(11-21)17(19)23/h2-4,6-7,14H,5,8-11H2,1H3,(H2,19,23)/t14-/m0/s1. The van der Waals surface area contributed by atoms with Crippen molar-refractivity contribution >= 4 is 11.8 Å². The molecular weight excluding hydrogens is 306 g/mol. The Balaban J connectivity index is 1.71. The third-order valence-electron chi connectivity index (χ3n) is 4.41. The lowest BCUT2D eigenvalue weighted by Gasteiger charge is -2.31. The van der Waals surface area contributed by atoms with E-state index in [1.807, 2.05) is 37.3 Å². The van der Waals surface area contributed by atoms with Crippen LogP contribution in [-0.4, -0.2) is 34.8 Å². The van der Waals surface area contributed by atoms with E-state index in [1.165, 1.54) is 0 Å². The number of hydrogen-bond donors (Lipinski definition) is 1. The molecule has 1 aromatic heterocycles. The van der Waals surface area contributed by atoms with Crippen LogP contribution in [0.1, 0.15) is 24.3 Å². The lowest BCUT2D eigenvalue weighted by atomic mass is 9.97. The van der Waals surface area contributed by atoms with Crippen LogP contribution in [0, 0.1) is 12.8 Å². The number of piperidine rings is 1. The Bertz CT molecular complexity index is 739. The summed E-state index contributed by atoms with van der Waals surface area (Å²) >= 11 is 0. The number of primary amides is 1.